The van der Waals surface area contributed by atoms with Gasteiger partial charge in [-0.25, -0.2) is 4.79 Å². The van der Waals surface area contributed by atoms with E-state index in [0.29, 0.717) is 0 Å². The first-order valence-electron chi connectivity index (χ1n) is 1.27. The molecule has 0 bridgehead atoms. The summed E-state index contributed by atoms with van der Waals surface area (Å²) in [6, 6.07) is 0. The van der Waals surface area contributed by atoms with Crippen molar-refractivity contribution in [3.05, 3.63) is 0 Å². The molecule has 0 radical (unpaired) electrons. The number of rotatable bonds is 0. The zero-order valence-corrected chi connectivity index (χ0v) is 4.12. The maximum Gasteiger partial charge on any atom is 0.424 e. The van der Waals surface area contributed by atoms with Crippen molar-refractivity contribution in [3.63, 3.8) is 0 Å². The fourth-order valence-corrected chi connectivity index (χ4v) is 0. The van der Waals surface area contributed by atoms with E-state index in [1.807, 2.05) is 0 Å². The Bertz CT molecular complexity index is 62.6. The van der Waals surface area contributed by atoms with Gasteiger partial charge in [0, 0.05) is 11.2 Å². The van der Waals surface area contributed by atoms with Crippen LogP contribution in [0.4, 0.5) is 4.79 Å². The molecule has 0 aromatic rings. The number of hydrogen-bond donors (Lipinski definition) is 1. The van der Waals surface area contributed by atoms with E-state index >= 15 is 0 Å². The molecule has 36 valence electrons. The summed E-state index contributed by atoms with van der Waals surface area (Å²) in [5, 5.41) is -0.769. The van der Waals surface area contributed by atoms with Crippen LogP contribution in [0.25, 0.3) is 0 Å². The van der Waals surface area contributed by atoms with E-state index in [-0.39, 0.29) is 0 Å². The maximum absolute atomic E-state index is 9.78. The molecule has 0 aromatic carbocycles. The Morgan fingerprint density at radius 1 is 2.00 bits per heavy atom. The Morgan fingerprint density at radius 2 is 2.17 bits per heavy atom. The topological polar surface area (TPSA) is 66.2 Å². The highest BCUT2D eigenvalue weighted by molar-refractivity contribution is 8.05. The van der Waals surface area contributed by atoms with Gasteiger partial charge in [-0.3, -0.25) is 0 Å². The van der Waals surface area contributed by atoms with E-state index in [1.165, 1.54) is 6.26 Å². The van der Waals surface area contributed by atoms with Gasteiger partial charge < -0.3 is 10.3 Å². The standard InChI is InChI=1S/C2H5NO2S/c1-6(5)2(3)4/h1H3,(H2,3,4). The van der Waals surface area contributed by atoms with Crippen molar-refractivity contribution < 1.29 is 9.35 Å². The first kappa shape index (κ1) is 5.78. The average molecular weight is 107 g/mol. The second kappa shape index (κ2) is 2.04. The Hall–Kier alpha value is -0.220. The lowest BCUT2D eigenvalue weighted by Gasteiger charge is -1.92. The summed E-state index contributed by atoms with van der Waals surface area (Å²) in [5.74, 6) is 0. The number of primary amides is 1. The summed E-state index contributed by atoms with van der Waals surface area (Å²) in [4.78, 5) is 9.62. The second-order valence-corrected chi connectivity index (χ2v) is 2.08. The molecule has 4 heteroatoms. The van der Waals surface area contributed by atoms with E-state index in [0.717, 1.165) is 0 Å². The highest BCUT2D eigenvalue weighted by Gasteiger charge is 2.02. The van der Waals surface area contributed by atoms with Gasteiger partial charge in [0.15, 0.2) is 0 Å². The molecule has 0 spiro atoms. The lowest BCUT2D eigenvalue weighted by atomic mass is 11.5. The highest BCUT2D eigenvalue weighted by atomic mass is 32.2. The SMILES string of the molecule is C[S+]([O-])C(N)=O. The van der Waals surface area contributed by atoms with Crippen LogP contribution in [0.3, 0.4) is 0 Å². The minimum absolute atomic E-state index is 0.769. The van der Waals surface area contributed by atoms with E-state index in [2.05, 4.69) is 5.73 Å². The van der Waals surface area contributed by atoms with Gasteiger partial charge in [0.25, 0.3) is 0 Å². The molecule has 3 nitrogen and oxygen atoms in total. The van der Waals surface area contributed by atoms with Crippen LogP contribution in [-0.2, 0) is 11.2 Å². The summed E-state index contributed by atoms with van der Waals surface area (Å²) < 4.78 is 9.78. The van der Waals surface area contributed by atoms with Crippen LogP contribution >= 0.6 is 0 Å². The van der Waals surface area contributed by atoms with Gasteiger partial charge in [-0.1, -0.05) is 0 Å². The van der Waals surface area contributed by atoms with E-state index in [1.54, 1.807) is 0 Å². The molecule has 2 N–H and O–H groups in total. The molecule has 0 saturated carbocycles. The van der Waals surface area contributed by atoms with Crippen molar-refractivity contribution >= 4 is 16.4 Å². The van der Waals surface area contributed by atoms with Gasteiger partial charge in [0.1, 0.15) is 6.26 Å². The summed E-state index contributed by atoms with van der Waals surface area (Å²) in [5.41, 5.74) is 4.50. The zero-order valence-electron chi connectivity index (χ0n) is 3.30. The van der Waals surface area contributed by atoms with Gasteiger partial charge in [-0.15, -0.1) is 0 Å². The third kappa shape index (κ3) is 2.04. The first-order chi connectivity index (χ1) is 2.64. The lowest BCUT2D eigenvalue weighted by molar-refractivity contribution is 0.265. The van der Waals surface area contributed by atoms with Crippen LogP contribution in [0.5, 0.6) is 0 Å². The molecule has 0 aliphatic heterocycles. The van der Waals surface area contributed by atoms with Crippen molar-refractivity contribution in [2.45, 2.75) is 0 Å². The fraction of sp³-hybridized carbons (Fsp3) is 0.500. The number of carbonyl (C=O) groups excluding carboxylic acids is 1. The van der Waals surface area contributed by atoms with Crippen LogP contribution in [-0.4, -0.2) is 16.0 Å². The molecule has 0 aliphatic carbocycles. The van der Waals surface area contributed by atoms with Crippen LogP contribution in [0.15, 0.2) is 0 Å². The number of hydrogen-bond acceptors (Lipinski definition) is 2. The predicted octanol–water partition coefficient (Wildman–Crippen LogP) is -0.556. The molecule has 1 amide bonds. The summed E-state index contributed by atoms with van der Waals surface area (Å²) in [6.45, 7) is 0. The average Bonchev–Trinajstić information content (AvgIpc) is 1.36. The van der Waals surface area contributed by atoms with Crippen molar-refractivity contribution in [2.24, 2.45) is 5.73 Å². The summed E-state index contributed by atoms with van der Waals surface area (Å²) in [7, 11) is 0. The zero-order chi connectivity index (χ0) is 5.15. The monoisotopic (exact) mass is 107 g/mol. The Kier molecular flexibility index (Phi) is 1.97. The molecule has 0 aliphatic rings. The van der Waals surface area contributed by atoms with Crippen molar-refractivity contribution in [3.8, 4) is 0 Å². The first-order valence-corrected chi connectivity index (χ1v) is 2.83. The fourth-order valence-electron chi connectivity index (χ4n) is 0. The number of carbonyl (C=O) groups is 1. The van der Waals surface area contributed by atoms with Gasteiger partial charge in [-0.05, 0) is 0 Å². The van der Waals surface area contributed by atoms with E-state index in [4.69, 9.17) is 0 Å². The molecular formula is C2H5NO2S. The van der Waals surface area contributed by atoms with E-state index < -0.39 is 16.4 Å². The van der Waals surface area contributed by atoms with Gasteiger partial charge >= 0.3 is 5.24 Å². The van der Waals surface area contributed by atoms with Gasteiger partial charge in [0.2, 0.25) is 0 Å². The second-order valence-electron chi connectivity index (χ2n) is 0.773. The van der Waals surface area contributed by atoms with Crippen molar-refractivity contribution in [2.75, 3.05) is 6.26 Å². The molecule has 1 atom stereocenters. The van der Waals surface area contributed by atoms with Crippen LogP contribution in [0, 0.1) is 0 Å². The van der Waals surface area contributed by atoms with Gasteiger partial charge in [0.05, 0.1) is 0 Å². The molecule has 0 saturated heterocycles. The third-order valence-electron chi connectivity index (χ3n) is 0.283. The normalized spacial score (nSPS) is 13.7. The molecule has 0 rings (SSSR count). The number of nitrogens with two attached hydrogens (primary N) is 1. The molecule has 1 unspecified atom stereocenters. The Balaban J connectivity index is 3.26. The predicted molar refractivity (Wildman–Crippen MR) is 23.6 cm³/mol. The van der Waals surface area contributed by atoms with Crippen molar-refractivity contribution in [1.29, 1.82) is 0 Å². The summed E-state index contributed by atoms with van der Waals surface area (Å²) in [6.07, 6.45) is 1.24. The maximum atomic E-state index is 9.78. The highest BCUT2D eigenvalue weighted by Crippen LogP contribution is 1.76. The molecule has 0 heterocycles. The van der Waals surface area contributed by atoms with Crippen LogP contribution in [0.2, 0.25) is 0 Å². The minimum atomic E-state index is -1.48. The number of amides is 1. The molecule has 6 heavy (non-hydrogen) atoms. The quantitative estimate of drug-likeness (QED) is 0.422. The largest absolute Gasteiger partial charge is 0.608 e. The van der Waals surface area contributed by atoms with E-state index in [9.17, 15) is 9.35 Å². The van der Waals surface area contributed by atoms with Gasteiger partial charge in [-0.2, -0.15) is 0 Å². The Labute approximate surface area is 38.7 Å². The summed E-state index contributed by atoms with van der Waals surface area (Å²) >= 11 is -1.48. The third-order valence-corrected chi connectivity index (χ3v) is 0.850. The molecule has 0 fully saturated rings. The molecule has 0 aromatic heterocycles. The minimum Gasteiger partial charge on any atom is -0.608 e. The Morgan fingerprint density at radius 3 is 2.17 bits per heavy atom. The van der Waals surface area contributed by atoms with Crippen LogP contribution in [0.1, 0.15) is 0 Å². The lowest BCUT2D eigenvalue weighted by Crippen LogP contribution is -2.19. The molecular weight excluding hydrogens is 102 g/mol. The van der Waals surface area contributed by atoms with Crippen molar-refractivity contribution in [1.82, 2.24) is 0 Å². The van der Waals surface area contributed by atoms with Crippen LogP contribution < -0.4 is 5.73 Å². The smallest absolute Gasteiger partial charge is 0.424 e.